The monoisotopic (exact) mass is 276 g/mol. The van der Waals surface area contributed by atoms with Crippen molar-refractivity contribution < 1.29 is 18.3 Å². The van der Waals surface area contributed by atoms with Crippen LogP contribution in [0.25, 0.3) is 0 Å². The average Bonchev–Trinajstić information content (AvgIpc) is 2.76. The van der Waals surface area contributed by atoms with E-state index in [2.05, 4.69) is 9.46 Å². The zero-order valence-corrected chi connectivity index (χ0v) is 10.7. The maximum Gasteiger partial charge on any atom is 0.250 e. The van der Waals surface area contributed by atoms with Crippen LogP contribution in [0.15, 0.2) is 16.3 Å². The third-order valence-electron chi connectivity index (χ3n) is 1.82. The normalized spacial score (nSPS) is 13.2. The molecule has 0 bridgehead atoms. The molecule has 1 rings (SSSR count). The molecular weight excluding hydrogens is 264 g/mol. The van der Waals surface area contributed by atoms with Crippen LogP contribution in [0.1, 0.15) is 4.88 Å². The van der Waals surface area contributed by atoms with Gasteiger partial charge in [0.1, 0.15) is 15.2 Å². The molecule has 0 saturated heterocycles. The minimum Gasteiger partial charge on any atom is -0.389 e. The van der Waals surface area contributed by atoms with Gasteiger partial charge in [-0.3, -0.25) is 0 Å². The van der Waals surface area contributed by atoms with Gasteiger partial charge in [-0.15, -0.1) is 11.3 Å². The number of nitrogens with one attached hydrogen (secondary N) is 1. The molecule has 0 spiro atoms. The lowest BCUT2D eigenvalue weighted by molar-refractivity contribution is 0.0679. The fourth-order valence-electron chi connectivity index (χ4n) is 1.05. The number of sulfonamides is 1. The molecule has 0 radical (unpaired) electrons. The molecule has 0 aliphatic rings. The lowest BCUT2D eigenvalue weighted by Crippen LogP contribution is -2.34. The first-order chi connectivity index (χ1) is 7.99. The second-order valence-electron chi connectivity index (χ2n) is 3.19. The van der Waals surface area contributed by atoms with Crippen LogP contribution in [-0.2, 0) is 14.8 Å². The molecule has 1 unspecified atom stereocenters. The van der Waals surface area contributed by atoms with Crippen LogP contribution in [-0.4, -0.2) is 39.9 Å². The smallest absolute Gasteiger partial charge is 0.250 e. The first-order valence-electron chi connectivity index (χ1n) is 4.66. The molecule has 8 heteroatoms. The Morgan fingerprint density at radius 1 is 1.65 bits per heavy atom. The molecule has 0 aromatic carbocycles. The topological polar surface area (TPSA) is 99.4 Å². The SMILES string of the molecule is COCC(O)CNS(=O)(=O)c1ccc(C#N)s1. The number of rotatable bonds is 6. The largest absolute Gasteiger partial charge is 0.389 e. The van der Waals surface area contributed by atoms with Crippen molar-refractivity contribution >= 4 is 21.4 Å². The molecule has 6 nitrogen and oxygen atoms in total. The summed E-state index contributed by atoms with van der Waals surface area (Å²) in [5, 5.41) is 17.9. The molecule has 0 amide bonds. The quantitative estimate of drug-likeness (QED) is 0.756. The summed E-state index contributed by atoms with van der Waals surface area (Å²) in [4.78, 5) is 0.322. The van der Waals surface area contributed by atoms with E-state index in [1.54, 1.807) is 0 Å². The van der Waals surface area contributed by atoms with Gasteiger partial charge in [0.05, 0.1) is 12.7 Å². The Hall–Kier alpha value is -0.980. The molecule has 2 N–H and O–H groups in total. The molecule has 94 valence electrons. The zero-order valence-electron chi connectivity index (χ0n) is 9.08. The Morgan fingerprint density at radius 2 is 2.35 bits per heavy atom. The molecular formula is C9H12N2O4S2. The number of aliphatic hydroxyl groups excluding tert-OH is 1. The summed E-state index contributed by atoms with van der Waals surface area (Å²) >= 11 is 0.880. The Labute approximate surface area is 104 Å². The van der Waals surface area contributed by atoms with Crippen LogP contribution in [0.2, 0.25) is 0 Å². The van der Waals surface area contributed by atoms with E-state index in [1.165, 1.54) is 19.2 Å². The number of thiophene rings is 1. The molecule has 1 aromatic rings. The molecule has 1 atom stereocenters. The second kappa shape index (κ2) is 6.09. The van der Waals surface area contributed by atoms with Crippen LogP contribution in [0, 0.1) is 11.3 Å². The van der Waals surface area contributed by atoms with Crippen LogP contribution < -0.4 is 4.72 Å². The van der Waals surface area contributed by atoms with E-state index in [4.69, 9.17) is 5.26 Å². The average molecular weight is 276 g/mol. The highest BCUT2D eigenvalue weighted by molar-refractivity contribution is 7.91. The van der Waals surface area contributed by atoms with Gasteiger partial charge in [-0.2, -0.15) is 5.26 Å². The van der Waals surface area contributed by atoms with Crippen molar-refractivity contribution in [3.8, 4) is 6.07 Å². The Bertz CT molecular complexity index is 503. The van der Waals surface area contributed by atoms with E-state index in [0.717, 1.165) is 11.3 Å². The third kappa shape index (κ3) is 4.07. The fourth-order valence-corrected chi connectivity index (χ4v) is 3.27. The van der Waals surface area contributed by atoms with Gasteiger partial charge in [-0.25, -0.2) is 13.1 Å². The Morgan fingerprint density at radius 3 is 2.88 bits per heavy atom. The Kier molecular flexibility index (Phi) is 5.04. The standard InChI is InChI=1S/C9H12N2O4S2/c1-15-6-7(12)5-11-17(13,14)9-3-2-8(4-10)16-9/h2-3,7,11-12H,5-6H2,1H3. The van der Waals surface area contributed by atoms with Gasteiger partial charge in [0.25, 0.3) is 0 Å². The molecule has 0 fully saturated rings. The molecule has 0 saturated carbocycles. The molecule has 0 aliphatic carbocycles. The van der Waals surface area contributed by atoms with Gasteiger partial charge in [0, 0.05) is 13.7 Å². The van der Waals surface area contributed by atoms with Crippen molar-refractivity contribution in [3.63, 3.8) is 0 Å². The van der Waals surface area contributed by atoms with E-state index < -0.39 is 16.1 Å². The highest BCUT2D eigenvalue weighted by atomic mass is 32.2. The number of ether oxygens (including phenoxy) is 1. The molecule has 1 aromatic heterocycles. The van der Waals surface area contributed by atoms with E-state index in [0.29, 0.717) is 4.88 Å². The van der Waals surface area contributed by atoms with E-state index >= 15 is 0 Å². The summed E-state index contributed by atoms with van der Waals surface area (Å²) in [6.45, 7) is -0.0770. The predicted octanol–water partition coefficient (Wildman–Crippen LogP) is -0.0946. The highest BCUT2D eigenvalue weighted by Crippen LogP contribution is 2.20. The third-order valence-corrected chi connectivity index (χ3v) is 4.73. The fraction of sp³-hybridized carbons (Fsp3) is 0.444. The predicted molar refractivity (Wildman–Crippen MR) is 62.1 cm³/mol. The minimum atomic E-state index is -3.66. The van der Waals surface area contributed by atoms with Gasteiger partial charge in [-0.05, 0) is 12.1 Å². The van der Waals surface area contributed by atoms with Crippen molar-refractivity contribution in [2.45, 2.75) is 10.3 Å². The first-order valence-corrected chi connectivity index (χ1v) is 6.96. The van der Waals surface area contributed by atoms with Crippen molar-refractivity contribution in [1.82, 2.24) is 4.72 Å². The first kappa shape index (κ1) is 14.1. The molecule has 17 heavy (non-hydrogen) atoms. The van der Waals surface area contributed by atoms with Crippen molar-refractivity contribution in [1.29, 1.82) is 5.26 Å². The van der Waals surface area contributed by atoms with Gasteiger partial charge in [0.15, 0.2) is 0 Å². The summed E-state index contributed by atoms with van der Waals surface area (Å²) < 4.78 is 30.4. The number of hydrogen-bond donors (Lipinski definition) is 2. The highest BCUT2D eigenvalue weighted by Gasteiger charge is 2.18. The number of methoxy groups -OCH3 is 1. The van der Waals surface area contributed by atoms with Gasteiger partial charge in [-0.1, -0.05) is 0 Å². The van der Waals surface area contributed by atoms with Crippen molar-refractivity contribution in [2.24, 2.45) is 0 Å². The summed E-state index contributed by atoms with van der Waals surface area (Å²) in [5.41, 5.74) is 0. The van der Waals surface area contributed by atoms with Crippen LogP contribution >= 0.6 is 11.3 Å². The van der Waals surface area contributed by atoms with Crippen LogP contribution in [0.5, 0.6) is 0 Å². The maximum absolute atomic E-state index is 11.7. The summed E-state index contributed by atoms with van der Waals surface area (Å²) in [7, 11) is -2.25. The summed E-state index contributed by atoms with van der Waals surface area (Å²) in [6, 6.07) is 4.65. The lowest BCUT2D eigenvalue weighted by Gasteiger charge is -2.10. The maximum atomic E-state index is 11.7. The number of nitrogens with zero attached hydrogens (tertiary/aromatic N) is 1. The van der Waals surface area contributed by atoms with Crippen molar-refractivity contribution in [2.75, 3.05) is 20.3 Å². The lowest BCUT2D eigenvalue weighted by atomic mass is 10.4. The molecule has 0 aliphatic heterocycles. The molecule has 1 heterocycles. The summed E-state index contributed by atoms with van der Waals surface area (Å²) in [5.74, 6) is 0. The number of aliphatic hydroxyl groups is 1. The minimum absolute atomic E-state index is 0.0520. The van der Waals surface area contributed by atoms with E-state index in [-0.39, 0.29) is 17.4 Å². The van der Waals surface area contributed by atoms with E-state index in [1.807, 2.05) is 6.07 Å². The van der Waals surface area contributed by atoms with E-state index in [9.17, 15) is 13.5 Å². The van der Waals surface area contributed by atoms with Crippen LogP contribution in [0.4, 0.5) is 0 Å². The van der Waals surface area contributed by atoms with Gasteiger partial charge >= 0.3 is 0 Å². The number of hydrogen-bond acceptors (Lipinski definition) is 6. The Balaban J connectivity index is 2.66. The van der Waals surface area contributed by atoms with Gasteiger partial charge in [0.2, 0.25) is 10.0 Å². The van der Waals surface area contributed by atoms with Crippen LogP contribution in [0.3, 0.4) is 0 Å². The number of nitriles is 1. The van der Waals surface area contributed by atoms with Crippen molar-refractivity contribution in [3.05, 3.63) is 17.0 Å². The second-order valence-corrected chi connectivity index (χ2v) is 6.27. The zero-order chi connectivity index (χ0) is 12.9. The van der Waals surface area contributed by atoms with Gasteiger partial charge < -0.3 is 9.84 Å². The summed E-state index contributed by atoms with van der Waals surface area (Å²) in [6.07, 6.45) is -0.898.